The molecule has 1 saturated carbocycles. The minimum Gasteiger partial charge on any atom is -0.368 e. The molecule has 1 aliphatic carbocycles. The highest BCUT2D eigenvalue weighted by Gasteiger charge is 2.23. The summed E-state index contributed by atoms with van der Waals surface area (Å²) >= 11 is 0. The van der Waals surface area contributed by atoms with Crippen molar-refractivity contribution in [2.75, 3.05) is 41.7 Å². The number of nitrogens with one attached hydrogen (secondary N) is 4. The number of piperazine rings is 1. The van der Waals surface area contributed by atoms with E-state index in [0.717, 1.165) is 69.5 Å². The Morgan fingerprint density at radius 3 is 2.61 bits per heavy atom. The van der Waals surface area contributed by atoms with Gasteiger partial charge in [0.15, 0.2) is 0 Å². The summed E-state index contributed by atoms with van der Waals surface area (Å²) in [6.07, 6.45) is 8.33. The first-order valence-corrected chi connectivity index (χ1v) is 14.3. The summed E-state index contributed by atoms with van der Waals surface area (Å²) in [6.45, 7) is 5.53. The van der Waals surface area contributed by atoms with E-state index in [0.29, 0.717) is 33.8 Å². The van der Waals surface area contributed by atoms with E-state index in [-0.39, 0.29) is 22.9 Å². The quantitative estimate of drug-likeness (QED) is 0.262. The molecule has 9 nitrogen and oxygen atoms in total. The fraction of sp³-hybridized carbons (Fsp3) is 0.355. The van der Waals surface area contributed by atoms with Gasteiger partial charge in [0.05, 0.1) is 34.2 Å². The van der Waals surface area contributed by atoms with Crippen LogP contribution < -0.4 is 26.4 Å². The van der Waals surface area contributed by atoms with Gasteiger partial charge in [-0.1, -0.05) is 19.3 Å². The molecule has 3 aromatic heterocycles. The zero-order valence-electron chi connectivity index (χ0n) is 23.1. The number of anilines is 4. The lowest BCUT2D eigenvalue weighted by atomic mass is 9.88. The van der Waals surface area contributed by atoms with Crippen molar-refractivity contribution >= 4 is 39.7 Å². The van der Waals surface area contributed by atoms with Crippen molar-refractivity contribution in [2.24, 2.45) is 5.92 Å². The highest BCUT2D eigenvalue weighted by molar-refractivity contribution is 5.96. The number of halogens is 1. The number of hydrogen-bond acceptors (Lipinski definition) is 7. The van der Waals surface area contributed by atoms with Gasteiger partial charge in [0.2, 0.25) is 5.91 Å². The van der Waals surface area contributed by atoms with E-state index >= 15 is 4.39 Å². The van der Waals surface area contributed by atoms with Crippen molar-refractivity contribution < 1.29 is 9.18 Å². The molecule has 41 heavy (non-hydrogen) atoms. The van der Waals surface area contributed by atoms with Crippen molar-refractivity contribution in [3.8, 4) is 11.3 Å². The Morgan fingerprint density at radius 1 is 1.05 bits per heavy atom. The van der Waals surface area contributed by atoms with Gasteiger partial charge < -0.3 is 25.8 Å². The van der Waals surface area contributed by atoms with Crippen LogP contribution in [0.4, 0.5) is 27.3 Å². The summed E-state index contributed by atoms with van der Waals surface area (Å²) in [5.74, 6) is -0.0250. The van der Waals surface area contributed by atoms with Gasteiger partial charge in [-0.15, -0.1) is 0 Å². The molecule has 4 N–H and O–H groups in total. The van der Waals surface area contributed by atoms with E-state index in [4.69, 9.17) is 0 Å². The van der Waals surface area contributed by atoms with E-state index in [1.54, 1.807) is 18.2 Å². The second kappa shape index (κ2) is 11.7. The monoisotopic (exact) mass is 555 g/mol. The SMILES string of the molecule is Cc1cc(-c2cc(Nc3ccc(N4CCNCC4)cn3)c3c(=O)[nH]ccc3n2)c(F)cc1NC(=O)C1CCCCC1. The molecule has 4 heterocycles. The van der Waals surface area contributed by atoms with Crippen LogP contribution in [0.25, 0.3) is 22.2 Å². The van der Waals surface area contributed by atoms with Gasteiger partial charge in [-0.2, -0.15) is 0 Å². The van der Waals surface area contributed by atoms with Crippen LogP contribution in [-0.4, -0.2) is 47.0 Å². The summed E-state index contributed by atoms with van der Waals surface area (Å²) in [4.78, 5) is 39.8. The van der Waals surface area contributed by atoms with E-state index < -0.39 is 5.82 Å². The van der Waals surface area contributed by atoms with Gasteiger partial charge >= 0.3 is 0 Å². The molecular formula is C31H34FN7O2. The zero-order valence-corrected chi connectivity index (χ0v) is 23.1. The van der Waals surface area contributed by atoms with E-state index in [1.807, 2.05) is 25.3 Å². The number of aryl methyl sites for hydroxylation is 1. The fourth-order valence-corrected chi connectivity index (χ4v) is 5.75. The first-order valence-electron chi connectivity index (χ1n) is 14.3. The van der Waals surface area contributed by atoms with Crippen LogP contribution in [0.5, 0.6) is 0 Å². The normalized spacial score (nSPS) is 16.1. The lowest BCUT2D eigenvalue weighted by Crippen LogP contribution is -2.43. The Morgan fingerprint density at radius 2 is 1.85 bits per heavy atom. The average Bonchev–Trinajstić information content (AvgIpc) is 3.00. The summed E-state index contributed by atoms with van der Waals surface area (Å²) in [6, 6.07) is 10.3. The van der Waals surface area contributed by atoms with E-state index in [9.17, 15) is 9.59 Å². The first-order chi connectivity index (χ1) is 20.0. The van der Waals surface area contributed by atoms with Gasteiger partial charge in [0, 0.05) is 49.5 Å². The Bertz CT molecular complexity index is 1620. The van der Waals surface area contributed by atoms with Crippen molar-refractivity contribution in [1.82, 2.24) is 20.3 Å². The van der Waals surface area contributed by atoms with Gasteiger partial charge in [0.1, 0.15) is 11.6 Å². The minimum absolute atomic E-state index is 0.0284. The number of hydrogen-bond donors (Lipinski definition) is 4. The number of fused-ring (bicyclic) bond motifs is 1. The molecule has 1 saturated heterocycles. The zero-order chi connectivity index (χ0) is 28.3. The Hall–Kier alpha value is -4.31. The second-order valence-corrected chi connectivity index (χ2v) is 10.9. The maximum absolute atomic E-state index is 15.6. The summed E-state index contributed by atoms with van der Waals surface area (Å²) in [7, 11) is 0. The summed E-state index contributed by atoms with van der Waals surface area (Å²) in [5.41, 5.74) is 3.48. The second-order valence-electron chi connectivity index (χ2n) is 10.9. The lowest BCUT2D eigenvalue weighted by molar-refractivity contribution is -0.120. The van der Waals surface area contributed by atoms with Gasteiger partial charge in [-0.25, -0.2) is 14.4 Å². The van der Waals surface area contributed by atoms with Crippen LogP contribution in [0, 0.1) is 18.7 Å². The Balaban J connectivity index is 1.31. The largest absolute Gasteiger partial charge is 0.368 e. The standard InChI is InChI=1S/C31H34FN7O2/c1-19-15-22(23(32)16-25(19)38-30(40)20-5-3-2-4-6-20)26-17-27(29-24(36-26)9-10-34-31(29)41)37-28-8-7-21(18-35-28)39-13-11-33-12-14-39/h7-10,15-18,20,33H,2-6,11-14H2,1H3,(H,34,41)(H,38,40)(H,35,36,37). The topological polar surface area (TPSA) is 115 Å². The number of carbonyl (C=O) groups is 1. The molecule has 6 rings (SSSR count). The van der Waals surface area contributed by atoms with Gasteiger partial charge in [0.25, 0.3) is 5.56 Å². The maximum Gasteiger partial charge on any atom is 0.259 e. The highest BCUT2D eigenvalue weighted by Crippen LogP contribution is 2.33. The number of aromatic amines is 1. The number of aromatic nitrogens is 3. The first kappa shape index (κ1) is 26.9. The van der Waals surface area contributed by atoms with Crippen molar-refractivity contribution in [2.45, 2.75) is 39.0 Å². The van der Waals surface area contributed by atoms with Crippen LogP contribution in [0.2, 0.25) is 0 Å². The fourth-order valence-electron chi connectivity index (χ4n) is 5.75. The summed E-state index contributed by atoms with van der Waals surface area (Å²) < 4.78 is 15.6. The number of H-pyrrole nitrogens is 1. The Kier molecular flexibility index (Phi) is 7.65. The number of nitrogens with zero attached hydrogens (tertiary/aromatic N) is 3. The average molecular weight is 556 g/mol. The molecule has 1 aromatic carbocycles. The Labute approximate surface area is 237 Å². The van der Waals surface area contributed by atoms with Gasteiger partial charge in [-0.05, 0) is 61.7 Å². The summed E-state index contributed by atoms with van der Waals surface area (Å²) in [5, 5.41) is 9.89. The van der Waals surface area contributed by atoms with Crippen molar-refractivity contribution in [3.63, 3.8) is 0 Å². The number of rotatable bonds is 6. The molecule has 0 spiro atoms. The number of benzene rings is 1. The van der Waals surface area contributed by atoms with Crippen LogP contribution in [0.3, 0.4) is 0 Å². The molecule has 0 bridgehead atoms. The molecule has 0 atom stereocenters. The van der Waals surface area contributed by atoms with Crippen LogP contribution in [0.1, 0.15) is 37.7 Å². The van der Waals surface area contributed by atoms with Crippen LogP contribution in [-0.2, 0) is 4.79 Å². The van der Waals surface area contributed by atoms with Gasteiger partial charge in [-0.3, -0.25) is 9.59 Å². The molecule has 1 amide bonds. The third kappa shape index (κ3) is 5.78. The third-order valence-corrected chi connectivity index (χ3v) is 8.05. The van der Waals surface area contributed by atoms with E-state index in [1.165, 1.54) is 12.3 Å². The predicted octanol–water partition coefficient (Wildman–Crippen LogP) is 5.10. The molecule has 0 unspecified atom stereocenters. The maximum atomic E-state index is 15.6. The minimum atomic E-state index is -0.504. The molecule has 212 valence electrons. The number of amides is 1. The van der Waals surface area contributed by atoms with Crippen LogP contribution >= 0.6 is 0 Å². The third-order valence-electron chi connectivity index (χ3n) is 8.05. The molecule has 1 aliphatic heterocycles. The number of pyridine rings is 3. The molecule has 0 radical (unpaired) electrons. The van der Waals surface area contributed by atoms with Crippen molar-refractivity contribution in [1.29, 1.82) is 0 Å². The molecule has 2 aliphatic rings. The smallest absolute Gasteiger partial charge is 0.259 e. The molecule has 2 fully saturated rings. The highest BCUT2D eigenvalue weighted by atomic mass is 19.1. The van der Waals surface area contributed by atoms with E-state index in [2.05, 4.69) is 35.8 Å². The number of carbonyl (C=O) groups excluding carboxylic acids is 1. The van der Waals surface area contributed by atoms with Crippen LogP contribution in [0.15, 0.2) is 53.6 Å². The van der Waals surface area contributed by atoms with Crippen molar-refractivity contribution in [3.05, 3.63) is 70.5 Å². The predicted molar refractivity (Wildman–Crippen MR) is 160 cm³/mol. The molecule has 4 aromatic rings. The molecule has 10 heteroatoms. The lowest BCUT2D eigenvalue weighted by Gasteiger charge is -2.29. The molecular weight excluding hydrogens is 521 g/mol.